The molecule has 0 aliphatic heterocycles. The van der Waals surface area contributed by atoms with E-state index in [4.69, 9.17) is 0 Å². The van der Waals surface area contributed by atoms with E-state index in [1.807, 2.05) is 38.1 Å². The molecular formula is C19H18N4O2. The Balaban J connectivity index is 1.96. The molecular weight excluding hydrogens is 316 g/mol. The molecule has 0 unspecified atom stereocenters. The van der Waals surface area contributed by atoms with E-state index in [-0.39, 0.29) is 10.6 Å². The van der Waals surface area contributed by atoms with Gasteiger partial charge in [-0.3, -0.25) is 15.1 Å². The average molecular weight is 334 g/mol. The van der Waals surface area contributed by atoms with E-state index < -0.39 is 0 Å². The number of pyridine rings is 1. The molecule has 25 heavy (non-hydrogen) atoms. The van der Waals surface area contributed by atoms with Crippen LogP contribution in [0.4, 0.5) is 11.4 Å². The van der Waals surface area contributed by atoms with Crippen LogP contribution < -0.4 is 0 Å². The predicted octanol–water partition coefficient (Wildman–Crippen LogP) is 4.46. The zero-order valence-electron chi connectivity index (χ0n) is 14.3. The maximum atomic E-state index is 11.1. The van der Waals surface area contributed by atoms with Crippen molar-refractivity contribution < 1.29 is 4.92 Å². The maximum Gasteiger partial charge on any atom is 0.274 e. The van der Waals surface area contributed by atoms with Crippen LogP contribution in [0, 0.1) is 30.9 Å². The normalized spacial score (nSPS) is 11.2. The number of benzene rings is 1. The fourth-order valence-corrected chi connectivity index (χ4v) is 2.78. The molecule has 0 radical (unpaired) electrons. The molecule has 0 atom stereocenters. The molecule has 0 aliphatic rings. The van der Waals surface area contributed by atoms with E-state index in [9.17, 15) is 10.1 Å². The Labute approximate surface area is 145 Å². The van der Waals surface area contributed by atoms with Gasteiger partial charge in [-0.25, -0.2) is 4.98 Å². The number of aliphatic imine (C=N–C) groups is 1. The third-order valence-corrected chi connectivity index (χ3v) is 4.09. The first kappa shape index (κ1) is 16.6. The molecule has 3 rings (SSSR count). The minimum Gasteiger partial charge on any atom is -0.303 e. The average Bonchev–Trinajstić information content (AvgIpc) is 2.88. The molecule has 0 spiro atoms. The standard InChI is InChI=1S/C19H18N4O2/c1-13-7-8-17(11-18(13)23(24)25)21-12-16-10-14(2)22(15(16)3)19-6-4-5-9-20-19/h4-12H,1-3H3. The summed E-state index contributed by atoms with van der Waals surface area (Å²) in [5, 5.41) is 11.1. The zero-order chi connectivity index (χ0) is 18.0. The van der Waals surface area contributed by atoms with Gasteiger partial charge in [0.1, 0.15) is 5.82 Å². The largest absolute Gasteiger partial charge is 0.303 e. The molecule has 2 heterocycles. The van der Waals surface area contributed by atoms with Crippen molar-refractivity contribution in [1.82, 2.24) is 9.55 Å². The summed E-state index contributed by atoms with van der Waals surface area (Å²) >= 11 is 0. The Hall–Kier alpha value is -3.28. The second-order valence-electron chi connectivity index (χ2n) is 5.84. The van der Waals surface area contributed by atoms with Crippen LogP contribution in [0.5, 0.6) is 0 Å². The third-order valence-electron chi connectivity index (χ3n) is 4.09. The number of hydrogen-bond acceptors (Lipinski definition) is 4. The lowest BCUT2D eigenvalue weighted by atomic mass is 10.2. The molecule has 0 bridgehead atoms. The van der Waals surface area contributed by atoms with Crippen LogP contribution in [0.1, 0.15) is 22.5 Å². The number of nitrogens with zero attached hydrogens (tertiary/aromatic N) is 4. The number of aryl methyl sites for hydroxylation is 2. The van der Waals surface area contributed by atoms with Crippen LogP contribution in [-0.2, 0) is 0 Å². The van der Waals surface area contributed by atoms with Crippen molar-refractivity contribution in [3.05, 3.63) is 81.3 Å². The van der Waals surface area contributed by atoms with Crippen molar-refractivity contribution in [3.8, 4) is 5.82 Å². The van der Waals surface area contributed by atoms with E-state index in [0.717, 1.165) is 22.8 Å². The number of hydrogen-bond donors (Lipinski definition) is 0. The molecule has 0 saturated carbocycles. The van der Waals surface area contributed by atoms with Crippen molar-refractivity contribution in [2.45, 2.75) is 20.8 Å². The summed E-state index contributed by atoms with van der Waals surface area (Å²) in [6, 6.07) is 12.8. The van der Waals surface area contributed by atoms with Gasteiger partial charge in [-0.1, -0.05) is 12.1 Å². The number of aromatic nitrogens is 2. The second kappa shape index (κ2) is 6.68. The summed E-state index contributed by atoms with van der Waals surface area (Å²) in [6.07, 6.45) is 3.49. The highest BCUT2D eigenvalue weighted by Gasteiger charge is 2.12. The van der Waals surface area contributed by atoms with Gasteiger partial charge in [-0.05, 0) is 45.0 Å². The Morgan fingerprint density at radius 3 is 2.64 bits per heavy atom. The highest BCUT2D eigenvalue weighted by atomic mass is 16.6. The molecule has 0 N–H and O–H groups in total. The second-order valence-corrected chi connectivity index (χ2v) is 5.84. The van der Waals surface area contributed by atoms with Crippen LogP contribution >= 0.6 is 0 Å². The number of nitro benzene ring substituents is 1. The number of nitro groups is 1. The lowest BCUT2D eigenvalue weighted by Crippen LogP contribution is -2.01. The van der Waals surface area contributed by atoms with Crippen LogP contribution in [0.2, 0.25) is 0 Å². The minimum atomic E-state index is -0.388. The first-order chi connectivity index (χ1) is 12.0. The van der Waals surface area contributed by atoms with Crippen LogP contribution in [0.3, 0.4) is 0 Å². The van der Waals surface area contributed by atoms with Crippen molar-refractivity contribution in [3.63, 3.8) is 0 Å². The van der Waals surface area contributed by atoms with Gasteiger partial charge in [-0.2, -0.15) is 0 Å². The zero-order valence-corrected chi connectivity index (χ0v) is 14.3. The minimum absolute atomic E-state index is 0.0774. The van der Waals surface area contributed by atoms with E-state index in [0.29, 0.717) is 11.3 Å². The molecule has 6 nitrogen and oxygen atoms in total. The summed E-state index contributed by atoms with van der Waals surface area (Å²) in [7, 11) is 0. The Morgan fingerprint density at radius 1 is 1.16 bits per heavy atom. The fraction of sp³-hybridized carbons (Fsp3) is 0.158. The van der Waals surface area contributed by atoms with E-state index in [1.54, 1.807) is 31.5 Å². The van der Waals surface area contributed by atoms with Crippen LogP contribution in [-0.4, -0.2) is 20.7 Å². The van der Waals surface area contributed by atoms with Crippen LogP contribution in [0.25, 0.3) is 5.82 Å². The van der Waals surface area contributed by atoms with E-state index in [1.165, 1.54) is 6.07 Å². The topological polar surface area (TPSA) is 73.3 Å². The highest BCUT2D eigenvalue weighted by Crippen LogP contribution is 2.25. The molecule has 0 saturated heterocycles. The summed E-state index contributed by atoms with van der Waals surface area (Å²) in [5.74, 6) is 0.850. The highest BCUT2D eigenvalue weighted by molar-refractivity contribution is 5.84. The summed E-state index contributed by atoms with van der Waals surface area (Å²) in [5.41, 5.74) is 4.27. The van der Waals surface area contributed by atoms with Gasteiger partial charge in [0.2, 0.25) is 0 Å². The van der Waals surface area contributed by atoms with Gasteiger partial charge in [0.15, 0.2) is 0 Å². The van der Waals surface area contributed by atoms with Crippen molar-refractivity contribution in [1.29, 1.82) is 0 Å². The lowest BCUT2D eigenvalue weighted by molar-refractivity contribution is -0.385. The Bertz CT molecular complexity index is 959. The van der Waals surface area contributed by atoms with Gasteiger partial charge < -0.3 is 4.57 Å². The molecule has 6 heteroatoms. The van der Waals surface area contributed by atoms with Gasteiger partial charge in [-0.15, -0.1) is 0 Å². The number of rotatable bonds is 4. The molecule has 0 aliphatic carbocycles. The summed E-state index contributed by atoms with van der Waals surface area (Å²) < 4.78 is 2.05. The smallest absolute Gasteiger partial charge is 0.274 e. The van der Waals surface area contributed by atoms with Crippen LogP contribution in [0.15, 0.2) is 53.7 Å². The molecule has 126 valence electrons. The summed E-state index contributed by atoms with van der Waals surface area (Å²) in [6.45, 7) is 5.72. The predicted molar refractivity (Wildman–Crippen MR) is 98.1 cm³/mol. The van der Waals surface area contributed by atoms with E-state index in [2.05, 4.69) is 14.5 Å². The first-order valence-corrected chi connectivity index (χ1v) is 7.87. The molecule has 1 aromatic carbocycles. The SMILES string of the molecule is Cc1ccc(N=Cc2cc(C)n(-c3ccccn3)c2C)cc1[N+](=O)[O-]. The molecule has 2 aromatic heterocycles. The monoisotopic (exact) mass is 334 g/mol. The Kier molecular flexibility index (Phi) is 4.43. The van der Waals surface area contributed by atoms with Crippen molar-refractivity contribution in [2.24, 2.45) is 4.99 Å². The van der Waals surface area contributed by atoms with Gasteiger partial charge in [0, 0.05) is 41.0 Å². The molecule has 3 aromatic rings. The van der Waals surface area contributed by atoms with Gasteiger partial charge >= 0.3 is 0 Å². The quantitative estimate of drug-likeness (QED) is 0.402. The molecule has 0 amide bonds. The third kappa shape index (κ3) is 3.33. The van der Waals surface area contributed by atoms with Crippen molar-refractivity contribution >= 4 is 17.6 Å². The fourth-order valence-electron chi connectivity index (χ4n) is 2.78. The summed E-state index contributed by atoms with van der Waals surface area (Å²) in [4.78, 5) is 19.5. The lowest BCUT2D eigenvalue weighted by Gasteiger charge is -2.07. The maximum absolute atomic E-state index is 11.1. The van der Waals surface area contributed by atoms with Gasteiger partial charge in [0.25, 0.3) is 5.69 Å². The first-order valence-electron chi connectivity index (χ1n) is 7.87. The van der Waals surface area contributed by atoms with Crippen molar-refractivity contribution in [2.75, 3.05) is 0 Å². The van der Waals surface area contributed by atoms with E-state index >= 15 is 0 Å². The molecule has 0 fully saturated rings. The van der Waals surface area contributed by atoms with Gasteiger partial charge in [0.05, 0.1) is 10.6 Å². The Morgan fingerprint density at radius 2 is 1.96 bits per heavy atom.